The fourth-order valence-electron chi connectivity index (χ4n) is 3.86. The maximum absolute atomic E-state index is 6.56. The van der Waals surface area contributed by atoms with Gasteiger partial charge >= 0.3 is 0 Å². The average molecular weight is 260 g/mol. The molecular weight excluding hydrogens is 236 g/mol. The van der Waals surface area contributed by atoms with Gasteiger partial charge in [-0.15, -0.1) is 0 Å². The van der Waals surface area contributed by atoms with Crippen LogP contribution in [-0.4, -0.2) is 20.2 Å². The zero-order valence-electron chi connectivity index (χ0n) is 11.9. The molecule has 3 heteroatoms. The van der Waals surface area contributed by atoms with Crippen molar-refractivity contribution in [3.8, 4) is 5.75 Å². The van der Waals surface area contributed by atoms with Crippen LogP contribution in [0.1, 0.15) is 43.7 Å². The van der Waals surface area contributed by atoms with Gasteiger partial charge < -0.3 is 15.4 Å². The minimum atomic E-state index is 0.181. The quantitative estimate of drug-likeness (QED) is 0.843. The second-order valence-electron chi connectivity index (χ2n) is 5.93. The summed E-state index contributed by atoms with van der Waals surface area (Å²) in [6.07, 6.45) is 6.55. The lowest BCUT2D eigenvalue weighted by atomic mass is 9.79. The molecule has 0 bridgehead atoms. The molecule has 3 nitrogen and oxygen atoms in total. The topological polar surface area (TPSA) is 38.5 Å². The summed E-state index contributed by atoms with van der Waals surface area (Å²) < 4.78 is 5.36. The molecule has 1 aliphatic heterocycles. The van der Waals surface area contributed by atoms with Gasteiger partial charge in [0.1, 0.15) is 5.75 Å². The van der Waals surface area contributed by atoms with Crippen molar-refractivity contribution in [2.75, 3.05) is 19.1 Å². The van der Waals surface area contributed by atoms with Crippen LogP contribution >= 0.6 is 0 Å². The third-order valence-electron chi connectivity index (χ3n) is 4.97. The van der Waals surface area contributed by atoms with Gasteiger partial charge in [0.15, 0.2) is 0 Å². The molecule has 3 rings (SSSR count). The Kier molecular flexibility index (Phi) is 3.40. The van der Waals surface area contributed by atoms with Crippen LogP contribution in [0.5, 0.6) is 5.75 Å². The molecule has 0 aromatic heterocycles. The summed E-state index contributed by atoms with van der Waals surface area (Å²) >= 11 is 0. The third-order valence-corrected chi connectivity index (χ3v) is 4.97. The number of nitrogens with zero attached hydrogens (tertiary/aromatic N) is 1. The number of nitrogens with two attached hydrogens (primary N) is 1. The van der Waals surface area contributed by atoms with Crippen molar-refractivity contribution in [1.82, 2.24) is 0 Å². The van der Waals surface area contributed by atoms with Crippen molar-refractivity contribution in [2.24, 2.45) is 11.7 Å². The Hall–Kier alpha value is -1.22. The lowest BCUT2D eigenvalue weighted by molar-refractivity contribution is 0.310. The molecule has 2 N–H and O–H groups in total. The Balaban J connectivity index is 2.02. The first-order chi connectivity index (χ1) is 9.22. The predicted octanol–water partition coefficient (Wildman–Crippen LogP) is 3.09. The molecule has 2 aliphatic rings. The molecule has 104 valence electrons. The molecule has 0 radical (unpaired) electrons. The average Bonchev–Trinajstić information content (AvgIpc) is 2.70. The van der Waals surface area contributed by atoms with Crippen LogP contribution in [0.25, 0.3) is 0 Å². The maximum atomic E-state index is 6.56. The van der Waals surface area contributed by atoms with Crippen LogP contribution < -0.4 is 15.4 Å². The normalized spacial score (nSPS) is 30.3. The van der Waals surface area contributed by atoms with E-state index in [2.05, 4.69) is 24.1 Å². The van der Waals surface area contributed by atoms with Crippen molar-refractivity contribution in [2.45, 2.75) is 44.2 Å². The summed E-state index contributed by atoms with van der Waals surface area (Å²) in [4.78, 5) is 2.44. The molecule has 0 amide bonds. The number of benzene rings is 1. The minimum absolute atomic E-state index is 0.181. The molecule has 1 aliphatic carbocycles. The number of hydrogen-bond acceptors (Lipinski definition) is 3. The monoisotopic (exact) mass is 260 g/mol. The van der Waals surface area contributed by atoms with Gasteiger partial charge in [0.25, 0.3) is 0 Å². The molecule has 0 spiro atoms. The van der Waals surface area contributed by atoms with E-state index in [4.69, 9.17) is 10.5 Å². The fourth-order valence-corrected chi connectivity index (χ4v) is 3.86. The van der Waals surface area contributed by atoms with Crippen molar-refractivity contribution >= 4 is 5.69 Å². The Morgan fingerprint density at radius 2 is 2.00 bits per heavy atom. The molecule has 1 saturated carbocycles. The number of rotatable bonds is 1. The number of methoxy groups -OCH3 is 1. The van der Waals surface area contributed by atoms with Gasteiger partial charge in [0, 0.05) is 30.9 Å². The Bertz CT molecular complexity index is 460. The van der Waals surface area contributed by atoms with Crippen molar-refractivity contribution in [3.05, 3.63) is 23.8 Å². The van der Waals surface area contributed by atoms with Crippen LogP contribution in [0, 0.1) is 5.92 Å². The first-order valence-electron chi connectivity index (χ1n) is 7.38. The van der Waals surface area contributed by atoms with Crippen LogP contribution in [0.3, 0.4) is 0 Å². The van der Waals surface area contributed by atoms with E-state index in [9.17, 15) is 0 Å². The van der Waals surface area contributed by atoms with Gasteiger partial charge in [-0.1, -0.05) is 25.3 Å². The lowest BCUT2D eigenvalue weighted by Crippen LogP contribution is -2.46. The van der Waals surface area contributed by atoms with E-state index in [0.717, 1.165) is 5.75 Å². The molecule has 3 atom stereocenters. The Morgan fingerprint density at radius 1 is 1.21 bits per heavy atom. The highest BCUT2D eigenvalue weighted by atomic mass is 16.5. The van der Waals surface area contributed by atoms with Crippen LogP contribution in [-0.2, 0) is 0 Å². The highest BCUT2D eigenvalue weighted by Gasteiger charge is 2.38. The summed E-state index contributed by atoms with van der Waals surface area (Å²) in [5.41, 5.74) is 9.10. The highest BCUT2D eigenvalue weighted by Crippen LogP contribution is 2.44. The number of ether oxygens (including phenoxy) is 1. The number of hydrogen-bond donors (Lipinski definition) is 1. The van der Waals surface area contributed by atoms with Gasteiger partial charge in [-0.3, -0.25) is 0 Å². The van der Waals surface area contributed by atoms with Crippen LogP contribution in [0.15, 0.2) is 18.2 Å². The van der Waals surface area contributed by atoms with E-state index >= 15 is 0 Å². The Morgan fingerprint density at radius 3 is 2.79 bits per heavy atom. The second-order valence-corrected chi connectivity index (χ2v) is 5.93. The smallest absolute Gasteiger partial charge is 0.120 e. The fraction of sp³-hybridized carbons (Fsp3) is 0.625. The van der Waals surface area contributed by atoms with Gasteiger partial charge in [0.2, 0.25) is 0 Å². The molecule has 1 aromatic rings. The summed E-state index contributed by atoms with van der Waals surface area (Å²) in [7, 11) is 3.94. The van der Waals surface area contributed by atoms with Gasteiger partial charge in [-0.05, 0) is 30.4 Å². The molecule has 3 unspecified atom stereocenters. The number of anilines is 1. The third kappa shape index (κ3) is 2.10. The lowest BCUT2D eigenvalue weighted by Gasteiger charge is -2.44. The van der Waals surface area contributed by atoms with Gasteiger partial charge in [0.05, 0.1) is 7.11 Å². The molecule has 1 fully saturated rings. The zero-order valence-corrected chi connectivity index (χ0v) is 11.9. The van der Waals surface area contributed by atoms with E-state index < -0.39 is 0 Å². The minimum Gasteiger partial charge on any atom is -0.497 e. The first kappa shape index (κ1) is 12.8. The summed E-state index contributed by atoms with van der Waals surface area (Å²) in [5.74, 6) is 1.53. The number of fused-ring (bicyclic) bond motifs is 2. The largest absolute Gasteiger partial charge is 0.497 e. The van der Waals surface area contributed by atoms with E-state index in [-0.39, 0.29) is 6.04 Å². The summed E-state index contributed by atoms with van der Waals surface area (Å²) in [6, 6.07) is 7.09. The van der Waals surface area contributed by atoms with Crippen LogP contribution in [0.4, 0.5) is 5.69 Å². The molecule has 1 heterocycles. The van der Waals surface area contributed by atoms with Crippen molar-refractivity contribution in [3.63, 3.8) is 0 Å². The summed E-state index contributed by atoms with van der Waals surface area (Å²) in [6.45, 7) is 0. The molecular formula is C16H24N2O. The highest BCUT2D eigenvalue weighted by molar-refractivity contribution is 5.61. The second kappa shape index (κ2) is 5.04. The van der Waals surface area contributed by atoms with E-state index in [1.165, 1.54) is 43.4 Å². The summed E-state index contributed by atoms with van der Waals surface area (Å²) in [5, 5.41) is 0. The van der Waals surface area contributed by atoms with Crippen LogP contribution in [0.2, 0.25) is 0 Å². The standard InChI is InChI=1S/C16H24N2O/c1-18-14-7-5-3-4-6-12(14)16(17)13-9-8-11(19-2)10-15(13)18/h8-10,12,14,16H,3-7,17H2,1-2H3. The molecule has 19 heavy (non-hydrogen) atoms. The molecule has 1 aromatic carbocycles. The van der Waals surface area contributed by atoms with Crippen molar-refractivity contribution in [1.29, 1.82) is 0 Å². The van der Waals surface area contributed by atoms with Crippen molar-refractivity contribution < 1.29 is 4.74 Å². The Labute approximate surface area is 115 Å². The maximum Gasteiger partial charge on any atom is 0.120 e. The van der Waals surface area contributed by atoms with E-state index in [1.807, 2.05) is 6.07 Å². The molecule has 0 saturated heterocycles. The van der Waals surface area contributed by atoms with Gasteiger partial charge in [-0.2, -0.15) is 0 Å². The van der Waals surface area contributed by atoms with E-state index in [0.29, 0.717) is 12.0 Å². The SMILES string of the molecule is COc1ccc2c(c1)N(C)C1CCCCCC1C2N. The van der Waals surface area contributed by atoms with Gasteiger partial charge in [-0.25, -0.2) is 0 Å². The first-order valence-corrected chi connectivity index (χ1v) is 7.38. The predicted molar refractivity (Wildman–Crippen MR) is 78.7 cm³/mol. The van der Waals surface area contributed by atoms with E-state index in [1.54, 1.807) is 7.11 Å². The zero-order chi connectivity index (χ0) is 13.4.